The summed E-state index contributed by atoms with van der Waals surface area (Å²) in [5, 5.41) is 17.5. The minimum Gasteiger partial charge on any atom is -0.508 e. The molecule has 0 spiro atoms. The highest BCUT2D eigenvalue weighted by molar-refractivity contribution is 14.1. The smallest absolute Gasteiger partial charge is 0.115 e. The molecule has 2 aromatic carbocycles. The van der Waals surface area contributed by atoms with Crippen LogP contribution < -0.4 is 0 Å². The molecule has 0 radical (unpaired) electrons. The minimum atomic E-state index is 0.324. The van der Waals surface area contributed by atoms with E-state index in [9.17, 15) is 0 Å². The third kappa shape index (κ3) is 5.55. The van der Waals surface area contributed by atoms with Crippen molar-refractivity contribution in [3.8, 4) is 11.5 Å². The van der Waals surface area contributed by atoms with Gasteiger partial charge in [-0.1, -0.05) is 0 Å². The first kappa shape index (κ1) is 13.6. The lowest BCUT2D eigenvalue weighted by Gasteiger charge is -1.87. The Kier molecular flexibility index (Phi) is 5.89. The predicted molar refractivity (Wildman–Crippen MR) is 81.6 cm³/mol. The molecule has 84 valence electrons. The van der Waals surface area contributed by atoms with Gasteiger partial charge in [0.1, 0.15) is 11.5 Å². The maximum Gasteiger partial charge on any atom is 0.115 e. The van der Waals surface area contributed by atoms with Crippen LogP contribution in [0.15, 0.2) is 48.5 Å². The maximum atomic E-state index is 8.75. The number of rotatable bonds is 0. The number of phenols is 2. The minimum absolute atomic E-state index is 0.324. The first-order chi connectivity index (χ1) is 7.58. The SMILES string of the molecule is Oc1ccc(I)cc1.Oc1ccc(I)cc1. The lowest BCUT2D eigenvalue weighted by molar-refractivity contribution is 0.474. The molecule has 0 saturated heterocycles. The molecule has 0 aliphatic carbocycles. The second kappa shape index (κ2) is 6.95. The molecule has 0 unspecified atom stereocenters. The highest BCUT2D eigenvalue weighted by Gasteiger charge is 1.84. The average molecular weight is 440 g/mol. The van der Waals surface area contributed by atoms with Gasteiger partial charge in [0.05, 0.1) is 0 Å². The van der Waals surface area contributed by atoms with Crippen LogP contribution in [-0.4, -0.2) is 10.2 Å². The molecule has 2 aromatic rings. The third-order valence-corrected chi connectivity index (χ3v) is 3.09. The van der Waals surface area contributed by atoms with Crippen molar-refractivity contribution in [2.75, 3.05) is 0 Å². The molecule has 0 saturated carbocycles. The van der Waals surface area contributed by atoms with E-state index in [0.29, 0.717) is 11.5 Å². The summed E-state index contributed by atoms with van der Waals surface area (Å²) in [6.45, 7) is 0. The topological polar surface area (TPSA) is 40.5 Å². The molecule has 4 heteroatoms. The van der Waals surface area contributed by atoms with Crippen LogP contribution >= 0.6 is 45.2 Å². The van der Waals surface area contributed by atoms with Crippen LogP contribution in [0.3, 0.4) is 0 Å². The summed E-state index contributed by atoms with van der Waals surface area (Å²) in [4.78, 5) is 0. The predicted octanol–water partition coefficient (Wildman–Crippen LogP) is 3.99. The van der Waals surface area contributed by atoms with E-state index in [0.717, 1.165) is 7.14 Å². The summed E-state index contributed by atoms with van der Waals surface area (Å²) in [6, 6.07) is 14.1. The number of hydrogen-bond donors (Lipinski definition) is 2. The second-order valence-electron chi connectivity index (χ2n) is 2.95. The Hall–Kier alpha value is -0.500. The van der Waals surface area contributed by atoms with Gasteiger partial charge in [0.15, 0.2) is 0 Å². The number of hydrogen-bond acceptors (Lipinski definition) is 2. The van der Waals surface area contributed by atoms with Crippen LogP contribution in [0.25, 0.3) is 0 Å². The van der Waals surface area contributed by atoms with Gasteiger partial charge in [0.25, 0.3) is 0 Å². The van der Waals surface area contributed by atoms with E-state index in [1.165, 1.54) is 0 Å². The Bertz CT molecular complexity index is 338. The zero-order valence-corrected chi connectivity index (χ0v) is 12.6. The van der Waals surface area contributed by atoms with Crippen LogP contribution in [0.5, 0.6) is 11.5 Å². The van der Waals surface area contributed by atoms with Gasteiger partial charge >= 0.3 is 0 Å². The Labute approximate surface area is 122 Å². The second-order valence-corrected chi connectivity index (χ2v) is 5.44. The highest BCUT2D eigenvalue weighted by atomic mass is 127. The van der Waals surface area contributed by atoms with Crippen molar-refractivity contribution in [3.05, 3.63) is 55.7 Å². The van der Waals surface area contributed by atoms with Crippen molar-refractivity contribution in [2.45, 2.75) is 0 Å². The molecule has 0 fully saturated rings. The standard InChI is InChI=1S/2C6H5IO/c2*7-5-1-3-6(8)4-2-5/h2*1-4,8H. The van der Waals surface area contributed by atoms with Gasteiger partial charge in [0.2, 0.25) is 0 Å². The number of phenolic OH excluding ortho intramolecular Hbond substituents is 2. The quantitative estimate of drug-likeness (QED) is 0.609. The molecule has 0 aromatic heterocycles. The molecule has 0 atom stereocenters. The van der Waals surface area contributed by atoms with Crippen LogP contribution in [-0.2, 0) is 0 Å². The average Bonchev–Trinajstić information content (AvgIpc) is 2.28. The largest absolute Gasteiger partial charge is 0.508 e. The molecule has 0 bridgehead atoms. The van der Waals surface area contributed by atoms with Crippen LogP contribution in [0.1, 0.15) is 0 Å². The Morgan fingerprint density at radius 2 is 0.812 bits per heavy atom. The molecular formula is C12H10I2O2. The van der Waals surface area contributed by atoms with Gasteiger partial charge < -0.3 is 10.2 Å². The van der Waals surface area contributed by atoms with Crippen molar-refractivity contribution >= 4 is 45.2 Å². The lowest BCUT2D eigenvalue weighted by Crippen LogP contribution is -1.65. The van der Waals surface area contributed by atoms with Crippen molar-refractivity contribution in [1.29, 1.82) is 0 Å². The van der Waals surface area contributed by atoms with Crippen LogP contribution in [0.2, 0.25) is 0 Å². The summed E-state index contributed by atoms with van der Waals surface area (Å²) in [6.07, 6.45) is 0. The third-order valence-electron chi connectivity index (χ3n) is 1.65. The molecule has 0 aliphatic heterocycles. The summed E-state index contributed by atoms with van der Waals surface area (Å²) in [5.74, 6) is 0.649. The normalized spacial score (nSPS) is 9.12. The Morgan fingerprint density at radius 1 is 0.562 bits per heavy atom. The van der Waals surface area contributed by atoms with E-state index in [1.807, 2.05) is 24.3 Å². The van der Waals surface area contributed by atoms with Crippen molar-refractivity contribution < 1.29 is 10.2 Å². The van der Waals surface area contributed by atoms with Crippen molar-refractivity contribution in [2.24, 2.45) is 0 Å². The Balaban J connectivity index is 0.000000160. The fraction of sp³-hybridized carbons (Fsp3) is 0. The fourth-order valence-electron chi connectivity index (χ4n) is 0.882. The molecule has 0 aliphatic rings. The zero-order chi connectivity index (χ0) is 12.0. The zero-order valence-electron chi connectivity index (χ0n) is 8.27. The van der Waals surface area contributed by atoms with E-state index >= 15 is 0 Å². The fourth-order valence-corrected chi connectivity index (χ4v) is 1.60. The van der Waals surface area contributed by atoms with E-state index in [-0.39, 0.29) is 0 Å². The first-order valence-corrected chi connectivity index (χ1v) is 6.63. The van der Waals surface area contributed by atoms with E-state index in [1.54, 1.807) is 24.3 Å². The van der Waals surface area contributed by atoms with Crippen LogP contribution in [0, 0.1) is 7.14 Å². The highest BCUT2D eigenvalue weighted by Crippen LogP contribution is 2.11. The summed E-state index contributed by atoms with van der Waals surface area (Å²) in [5.41, 5.74) is 0. The van der Waals surface area contributed by atoms with Gasteiger partial charge in [-0.2, -0.15) is 0 Å². The molecule has 0 amide bonds. The Morgan fingerprint density at radius 3 is 1.00 bits per heavy atom. The molecule has 2 nitrogen and oxygen atoms in total. The maximum absolute atomic E-state index is 8.75. The first-order valence-electron chi connectivity index (χ1n) is 4.47. The number of benzene rings is 2. The molecule has 2 N–H and O–H groups in total. The van der Waals surface area contributed by atoms with E-state index in [2.05, 4.69) is 45.2 Å². The van der Waals surface area contributed by atoms with Gasteiger partial charge in [-0.25, -0.2) is 0 Å². The van der Waals surface area contributed by atoms with Crippen molar-refractivity contribution in [1.82, 2.24) is 0 Å². The van der Waals surface area contributed by atoms with E-state index in [4.69, 9.17) is 10.2 Å². The molecule has 16 heavy (non-hydrogen) atoms. The summed E-state index contributed by atoms with van der Waals surface area (Å²) < 4.78 is 2.28. The molecular weight excluding hydrogens is 430 g/mol. The van der Waals surface area contributed by atoms with Crippen molar-refractivity contribution in [3.63, 3.8) is 0 Å². The van der Waals surface area contributed by atoms with E-state index < -0.39 is 0 Å². The summed E-state index contributed by atoms with van der Waals surface area (Å²) >= 11 is 4.37. The van der Waals surface area contributed by atoms with Gasteiger partial charge in [0, 0.05) is 7.14 Å². The lowest BCUT2D eigenvalue weighted by atomic mass is 10.3. The van der Waals surface area contributed by atoms with Gasteiger partial charge in [-0.15, -0.1) is 0 Å². The number of aromatic hydroxyl groups is 2. The van der Waals surface area contributed by atoms with Gasteiger partial charge in [-0.3, -0.25) is 0 Å². The van der Waals surface area contributed by atoms with Crippen LogP contribution in [0.4, 0.5) is 0 Å². The van der Waals surface area contributed by atoms with Gasteiger partial charge in [-0.05, 0) is 93.7 Å². The summed E-state index contributed by atoms with van der Waals surface area (Å²) in [7, 11) is 0. The molecule has 0 heterocycles. The monoisotopic (exact) mass is 440 g/mol. The molecule has 2 rings (SSSR count). The number of halogens is 2.